The fourth-order valence-corrected chi connectivity index (χ4v) is 0. The van der Waals surface area contributed by atoms with E-state index in [0.29, 0.717) is 6.17 Å². The van der Waals surface area contributed by atoms with Crippen LogP contribution in [0.2, 0.25) is 13.1 Å². The Morgan fingerprint density at radius 3 is 1.71 bits per heavy atom. The minimum Gasteiger partial charge on any atom is -0.332 e. The average molecular weight is 160 g/mol. The highest BCUT2D eigenvalue weighted by molar-refractivity contribution is 7.19. The van der Waals surface area contributed by atoms with Gasteiger partial charge < -0.3 is 5.73 Å². The largest absolute Gasteiger partial charge is 0.332 e. The van der Waals surface area contributed by atoms with Gasteiger partial charge in [-0.2, -0.15) is 11.1 Å². The van der Waals surface area contributed by atoms with Gasteiger partial charge in [-0.25, -0.2) is 0 Å². The molecule has 0 saturated carbocycles. The lowest BCUT2D eigenvalue weighted by molar-refractivity contribution is 1.32. The molecule has 46 valence electrons. The molecular formula is C3H11Cl2NSi. The normalized spacial score (nSPS) is 10.3. The molecule has 0 aliphatic carbocycles. The Balaban J connectivity index is 0. The Hall–Kier alpha value is 0.757. The molecule has 0 saturated heterocycles. The van der Waals surface area contributed by atoms with E-state index in [2.05, 4.69) is 0 Å². The summed E-state index contributed by atoms with van der Waals surface area (Å²) in [5.41, 5.74) is 5.24. The molecule has 0 atom stereocenters. The zero-order valence-electron chi connectivity index (χ0n) is 4.57. The highest BCUT2D eigenvalue weighted by Gasteiger charge is 2.11. The van der Waals surface area contributed by atoms with Crippen LogP contribution in [0, 0.1) is 0 Å². The predicted molar refractivity (Wildman–Crippen MR) is 39.6 cm³/mol. The Morgan fingerprint density at radius 2 is 1.71 bits per heavy atom. The van der Waals surface area contributed by atoms with Crippen LogP contribution in [0.1, 0.15) is 0 Å². The number of nitrogens with two attached hydrogens (primary N) is 1. The second-order valence-corrected chi connectivity index (χ2v) is 8.84. The van der Waals surface area contributed by atoms with Crippen LogP contribution in [0.4, 0.5) is 0 Å². The van der Waals surface area contributed by atoms with E-state index in [1.165, 1.54) is 0 Å². The van der Waals surface area contributed by atoms with Gasteiger partial charge >= 0.3 is 0 Å². The molecule has 0 heterocycles. The first-order chi connectivity index (χ1) is 2.56. The molecule has 0 radical (unpaired) electrons. The summed E-state index contributed by atoms with van der Waals surface area (Å²) in [5, 5.41) is 0. The van der Waals surface area contributed by atoms with Crippen molar-refractivity contribution in [3.05, 3.63) is 0 Å². The summed E-state index contributed by atoms with van der Waals surface area (Å²) in [5.74, 6) is 0. The van der Waals surface area contributed by atoms with Crippen LogP contribution in [0.3, 0.4) is 0 Å². The number of halogens is 2. The molecule has 0 aromatic heterocycles. The molecule has 4 heteroatoms. The molecule has 0 amide bonds. The molecule has 1 nitrogen and oxygen atoms in total. The molecule has 0 unspecified atom stereocenters. The van der Waals surface area contributed by atoms with Gasteiger partial charge in [0.2, 0.25) is 0 Å². The minimum absolute atomic E-state index is 0. The number of hydrogen-bond donors (Lipinski definition) is 1. The lowest BCUT2D eigenvalue weighted by Crippen LogP contribution is -2.29. The van der Waals surface area contributed by atoms with Gasteiger partial charge in [-0.1, -0.05) is 13.1 Å². The molecule has 0 rings (SSSR count). The van der Waals surface area contributed by atoms with Crippen LogP contribution in [0.25, 0.3) is 0 Å². The van der Waals surface area contributed by atoms with Crippen LogP contribution in [0.15, 0.2) is 0 Å². The second kappa shape index (κ2) is 3.72. The van der Waals surface area contributed by atoms with Crippen LogP contribution in [-0.2, 0) is 0 Å². The number of rotatable bonds is 1. The van der Waals surface area contributed by atoms with Crippen molar-refractivity contribution in [2.75, 3.05) is 6.17 Å². The summed E-state index contributed by atoms with van der Waals surface area (Å²) in [6, 6.07) is 0. The van der Waals surface area contributed by atoms with Gasteiger partial charge in [0.1, 0.15) is 0 Å². The minimum atomic E-state index is -1.38. The van der Waals surface area contributed by atoms with Crippen LogP contribution in [0.5, 0.6) is 0 Å². The maximum Gasteiger partial charge on any atom is 0.163 e. The van der Waals surface area contributed by atoms with E-state index in [4.69, 9.17) is 16.8 Å². The van der Waals surface area contributed by atoms with Crippen molar-refractivity contribution in [3.63, 3.8) is 0 Å². The maximum absolute atomic E-state index is 5.73. The highest BCUT2D eigenvalue weighted by Crippen LogP contribution is 2.02. The fraction of sp³-hybridized carbons (Fsp3) is 1.00. The summed E-state index contributed by atoms with van der Waals surface area (Å²) in [6.07, 6.45) is 0.675. The van der Waals surface area contributed by atoms with Crippen LogP contribution < -0.4 is 5.73 Å². The molecule has 0 aromatic rings. The third-order valence-corrected chi connectivity index (χ3v) is 1.92. The van der Waals surface area contributed by atoms with Crippen molar-refractivity contribution < 1.29 is 0 Å². The van der Waals surface area contributed by atoms with E-state index in [0.717, 1.165) is 0 Å². The first-order valence-electron chi connectivity index (χ1n) is 1.95. The first-order valence-corrected chi connectivity index (χ1v) is 6.17. The van der Waals surface area contributed by atoms with Crippen LogP contribution in [-0.4, -0.2) is 13.6 Å². The fourth-order valence-electron chi connectivity index (χ4n) is 0. The first kappa shape index (κ1) is 10.7. The lowest BCUT2D eigenvalue weighted by atomic mass is 11.5. The SMILES string of the molecule is C[Si](C)(Cl)CN.Cl. The van der Waals surface area contributed by atoms with E-state index in [-0.39, 0.29) is 12.4 Å². The van der Waals surface area contributed by atoms with Crippen LogP contribution >= 0.6 is 23.5 Å². The van der Waals surface area contributed by atoms with Gasteiger partial charge in [-0.3, -0.25) is 0 Å². The Kier molecular flexibility index (Phi) is 5.68. The summed E-state index contributed by atoms with van der Waals surface area (Å²) < 4.78 is 0. The van der Waals surface area contributed by atoms with Gasteiger partial charge in [-0.15, -0.1) is 12.4 Å². The molecule has 0 spiro atoms. The smallest absolute Gasteiger partial charge is 0.163 e. The van der Waals surface area contributed by atoms with Gasteiger partial charge in [-0.05, 0) is 0 Å². The summed E-state index contributed by atoms with van der Waals surface area (Å²) in [6.45, 7) is 4.04. The van der Waals surface area contributed by atoms with E-state index >= 15 is 0 Å². The summed E-state index contributed by atoms with van der Waals surface area (Å²) in [7, 11) is -1.38. The maximum atomic E-state index is 5.73. The van der Waals surface area contributed by atoms with E-state index in [9.17, 15) is 0 Å². The van der Waals surface area contributed by atoms with Crippen molar-refractivity contribution in [1.29, 1.82) is 0 Å². The zero-order chi connectivity index (χ0) is 5.21. The molecule has 2 N–H and O–H groups in total. The van der Waals surface area contributed by atoms with Crippen molar-refractivity contribution in [2.45, 2.75) is 13.1 Å². The van der Waals surface area contributed by atoms with E-state index in [1.54, 1.807) is 0 Å². The number of hydrogen-bond acceptors (Lipinski definition) is 1. The molecule has 0 fully saturated rings. The Labute approximate surface area is 56.4 Å². The van der Waals surface area contributed by atoms with Gasteiger partial charge in [0.25, 0.3) is 0 Å². The quantitative estimate of drug-likeness (QED) is 0.454. The Morgan fingerprint density at radius 1 is 1.57 bits per heavy atom. The third-order valence-electron chi connectivity index (χ3n) is 0.485. The molecule has 0 aliphatic heterocycles. The van der Waals surface area contributed by atoms with Crippen molar-refractivity contribution in [3.8, 4) is 0 Å². The molecule has 0 aliphatic rings. The average Bonchev–Trinajstić information content (AvgIpc) is 1.35. The monoisotopic (exact) mass is 159 g/mol. The van der Waals surface area contributed by atoms with Crippen molar-refractivity contribution >= 4 is 30.9 Å². The molecule has 7 heavy (non-hydrogen) atoms. The van der Waals surface area contributed by atoms with Gasteiger partial charge in [0.15, 0.2) is 7.38 Å². The van der Waals surface area contributed by atoms with Crippen molar-refractivity contribution in [2.24, 2.45) is 5.73 Å². The Bertz CT molecular complexity index is 42.7. The van der Waals surface area contributed by atoms with E-state index < -0.39 is 7.38 Å². The van der Waals surface area contributed by atoms with E-state index in [1.807, 2.05) is 13.1 Å². The topological polar surface area (TPSA) is 26.0 Å². The standard InChI is InChI=1S/C3H10ClNSi.ClH/c1-6(2,4)3-5;/h3,5H2,1-2H3;1H. The third kappa shape index (κ3) is 10.8. The van der Waals surface area contributed by atoms with Gasteiger partial charge in [0, 0.05) is 6.17 Å². The highest BCUT2D eigenvalue weighted by atomic mass is 35.6. The second-order valence-electron chi connectivity index (χ2n) is 1.92. The summed E-state index contributed by atoms with van der Waals surface area (Å²) >= 11 is 5.73. The molecule has 0 aromatic carbocycles. The molecule has 0 bridgehead atoms. The molecular weight excluding hydrogens is 149 g/mol. The van der Waals surface area contributed by atoms with Gasteiger partial charge in [0.05, 0.1) is 0 Å². The summed E-state index contributed by atoms with van der Waals surface area (Å²) in [4.78, 5) is 0. The zero-order valence-corrected chi connectivity index (χ0v) is 7.14. The predicted octanol–water partition coefficient (Wildman–Crippen LogP) is 1.35. The lowest BCUT2D eigenvalue weighted by Gasteiger charge is -2.05. The van der Waals surface area contributed by atoms with Crippen molar-refractivity contribution in [1.82, 2.24) is 0 Å².